The first kappa shape index (κ1) is 14.5. The Hall–Kier alpha value is -1.92. The van der Waals surface area contributed by atoms with Crippen LogP contribution in [0.2, 0.25) is 0 Å². The Bertz CT molecular complexity index is 623. The van der Waals surface area contributed by atoms with Crippen LogP contribution in [0.5, 0.6) is 5.75 Å². The molecule has 6 heteroatoms. The van der Waals surface area contributed by atoms with Crippen LogP contribution in [0, 0.1) is 6.92 Å². The van der Waals surface area contributed by atoms with Crippen molar-refractivity contribution in [2.24, 2.45) is 5.73 Å². The summed E-state index contributed by atoms with van der Waals surface area (Å²) in [6.07, 6.45) is 0.212. The zero-order valence-electron chi connectivity index (χ0n) is 11.4. The maximum atomic E-state index is 12.0. The van der Waals surface area contributed by atoms with Crippen molar-refractivity contribution in [2.45, 2.75) is 26.3 Å². The number of phenolic OH excluding ortho intramolecular Hbond substituents is 1. The van der Waals surface area contributed by atoms with Gasteiger partial charge in [0.2, 0.25) is 5.91 Å². The Labute approximate surface area is 121 Å². The van der Waals surface area contributed by atoms with Gasteiger partial charge in [-0.25, -0.2) is 4.98 Å². The van der Waals surface area contributed by atoms with E-state index in [0.717, 1.165) is 16.3 Å². The summed E-state index contributed by atoms with van der Waals surface area (Å²) in [5, 5.41) is 14.8. The Morgan fingerprint density at radius 2 is 2.30 bits per heavy atom. The van der Waals surface area contributed by atoms with Gasteiger partial charge in [0.05, 0.1) is 18.2 Å². The summed E-state index contributed by atoms with van der Waals surface area (Å²) < 4.78 is 0. The molecule has 1 aromatic heterocycles. The molecule has 1 aromatic carbocycles. The number of phenols is 1. The number of hydrogen-bond donors (Lipinski definition) is 3. The molecule has 5 nitrogen and oxygen atoms in total. The third-order valence-electron chi connectivity index (χ3n) is 2.78. The van der Waals surface area contributed by atoms with Crippen molar-refractivity contribution in [3.8, 4) is 5.75 Å². The number of nitrogens with two attached hydrogens (primary N) is 1. The van der Waals surface area contributed by atoms with Crippen LogP contribution in [0.25, 0.3) is 0 Å². The number of aromatic hydroxyl groups is 1. The molecular weight excluding hydrogens is 274 g/mol. The fraction of sp³-hybridized carbons (Fsp3) is 0.286. The lowest BCUT2D eigenvalue weighted by atomic mass is 10.2. The number of rotatable bonds is 4. The number of benzene rings is 1. The third kappa shape index (κ3) is 3.55. The molecule has 2 aromatic rings. The van der Waals surface area contributed by atoms with E-state index in [9.17, 15) is 9.90 Å². The van der Waals surface area contributed by atoms with E-state index in [1.54, 1.807) is 18.2 Å². The molecular formula is C14H17N3O2S. The number of nitrogens with one attached hydrogen (secondary N) is 1. The molecule has 1 amide bonds. The van der Waals surface area contributed by atoms with Gasteiger partial charge in [-0.15, -0.1) is 11.3 Å². The molecule has 20 heavy (non-hydrogen) atoms. The van der Waals surface area contributed by atoms with E-state index in [1.807, 2.05) is 19.2 Å². The number of thiazole rings is 1. The Morgan fingerprint density at radius 1 is 1.55 bits per heavy atom. The molecule has 1 heterocycles. The highest BCUT2D eigenvalue weighted by atomic mass is 32.1. The third-order valence-corrected chi connectivity index (χ3v) is 3.88. The molecule has 0 radical (unpaired) electrons. The summed E-state index contributed by atoms with van der Waals surface area (Å²) in [4.78, 5) is 16.3. The Morgan fingerprint density at radius 3 is 2.90 bits per heavy atom. The first-order valence-electron chi connectivity index (χ1n) is 6.25. The Balaban J connectivity index is 2.01. The number of nitrogens with zero attached hydrogens (tertiary/aromatic N) is 1. The maximum Gasteiger partial charge on any atom is 0.230 e. The summed E-state index contributed by atoms with van der Waals surface area (Å²) >= 11 is 1.46. The van der Waals surface area contributed by atoms with Gasteiger partial charge in [0.25, 0.3) is 0 Å². The molecule has 0 spiro atoms. The summed E-state index contributed by atoms with van der Waals surface area (Å²) in [6, 6.07) is 4.71. The molecule has 2 rings (SSSR count). The number of aromatic nitrogens is 1. The van der Waals surface area contributed by atoms with E-state index in [-0.39, 0.29) is 24.1 Å². The quantitative estimate of drug-likeness (QED) is 0.754. The minimum Gasteiger partial charge on any atom is -0.508 e. The minimum absolute atomic E-state index is 0.115. The van der Waals surface area contributed by atoms with Crippen molar-refractivity contribution < 1.29 is 9.90 Å². The second-order valence-corrected chi connectivity index (χ2v) is 5.58. The average molecular weight is 291 g/mol. The van der Waals surface area contributed by atoms with Crippen molar-refractivity contribution >= 4 is 22.9 Å². The molecule has 0 bridgehead atoms. The largest absolute Gasteiger partial charge is 0.508 e. The molecule has 0 saturated heterocycles. The van der Waals surface area contributed by atoms with E-state index in [1.165, 1.54) is 11.3 Å². The van der Waals surface area contributed by atoms with Gasteiger partial charge in [-0.2, -0.15) is 0 Å². The summed E-state index contributed by atoms with van der Waals surface area (Å²) in [6.45, 7) is 3.69. The van der Waals surface area contributed by atoms with E-state index in [4.69, 9.17) is 5.73 Å². The highest BCUT2D eigenvalue weighted by molar-refractivity contribution is 7.09. The van der Waals surface area contributed by atoms with Gasteiger partial charge in [-0.3, -0.25) is 4.79 Å². The van der Waals surface area contributed by atoms with Gasteiger partial charge in [-0.1, -0.05) is 0 Å². The second kappa shape index (κ2) is 6.02. The van der Waals surface area contributed by atoms with Crippen LogP contribution >= 0.6 is 11.3 Å². The van der Waals surface area contributed by atoms with Crippen LogP contribution < -0.4 is 11.1 Å². The van der Waals surface area contributed by atoms with Gasteiger partial charge in [0.1, 0.15) is 10.8 Å². The van der Waals surface area contributed by atoms with E-state index in [2.05, 4.69) is 10.3 Å². The van der Waals surface area contributed by atoms with Crippen molar-refractivity contribution in [1.29, 1.82) is 0 Å². The van der Waals surface area contributed by atoms with Gasteiger partial charge in [0.15, 0.2) is 0 Å². The lowest BCUT2D eigenvalue weighted by Gasteiger charge is -2.07. The van der Waals surface area contributed by atoms with Crippen LogP contribution in [-0.4, -0.2) is 16.0 Å². The summed E-state index contributed by atoms with van der Waals surface area (Å²) in [5.74, 6) is 0.0434. The van der Waals surface area contributed by atoms with Gasteiger partial charge in [-0.05, 0) is 37.6 Å². The topological polar surface area (TPSA) is 88.2 Å². The van der Waals surface area contributed by atoms with Gasteiger partial charge >= 0.3 is 0 Å². The monoisotopic (exact) mass is 291 g/mol. The zero-order valence-corrected chi connectivity index (χ0v) is 12.2. The molecule has 0 fully saturated rings. The van der Waals surface area contributed by atoms with Crippen molar-refractivity contribution in [1.82, 2.24) is 4.98 Å². The Kier molecular flexibility index (Phi) is 4.36. The number of carbonyl (C=O) groups excluding carboxylic acids is 1. The fourth-order valence-electron chi connectivity index (χ4n) is 1.76. The molecule has 0 aliphatic carbocycles. The number of hydrogen-bond acceptors (Lipinski definition) is 5. The lowest BCUT2D eigenvalue weighted by Crippen LogP contribution is -2.15. The SMILES string of the molecule is Cc1cc(O)ccc1NC(=O)Cc1csc(C(C)N)n1. The number of anilines is 1. The molecule has 0 aliphatic heterocycles. The standard InChI is InChI=1S/C14H17N3O2S/c1-8-5-11(18)3-4-12(8)17-13(19)6-10-7-20-14(16-10)9(2)15/h3-5,7,9,18H,6,15H2,1-2H3,(H,17,19). The lowest BCUT2D eigenvalue weighted by molar-refractivity contribution is -0.115. The second-order valence-electron chi connectivity index (χ2n) is 4.69. The predicted molar refractivity (Wildman–Crippen MR) is 79.9 cm³/mol. The predicted octanol–water partition coefficient (Wildman–Crippen LogP) is 2.36. The molecule has 4 N–H and O–H groups in total. The van der Waals surface area contributed by atoms with Crippen molar-refractivity contribution in [3.05, 3.63) is 39.8 Å². The van der Waals surface area contributed by atoms with Crippen LogP contribution in [0.3, 0.4) is 0 Å². The van der Waals surface area contributed by atoms with Crippen LogP contribution in [0.1, 0.15) is 29.2 Å². The van der Waals surface area contributed by atoms with Crippen molar-refractivity contribution in [3.63, 3.8) is 0 Å². The maximum absolute atomic E-state index is 12.0. The van der Waals surface area contributed by atoms with Crippen LogP contribution in [-0.2, 0) is 11.2 Å². The molecule has 106 valence electrons. The van der Waals surface area contributed by atoms with Gasteiger partial charge in [0, 0.05) is 11.1 Å². The molecule has 0 saturated carbocycles. The van der Waals surface area contributed by atoms with E-state index < -0.39 is 0 Å². The molecule has 1 atom stereocenters. The number of aryl methyl sites for hydroxylation is 1. The summed E-state index contributed by atoms with van der Waals surface area (Å²) in [5.41, 5.74) is 7.96. The highest BCUT2D eigenvalue weighted by Crippen LogP contribution is 2.21. The fourth-order valence-corrected chi connectivity index (χ4v) is 2.54. The van der Waals surface area contributed by atoms with E-state index >= 15 is 0 Å². The van der Waals surface area contributed by atoms with E-state index in [0.29, 0.717) is 5.69 Å². The van der Waals surface area contributed by atoms with Crippen LogP contribution in [0.4, 0.5) is 5.69 Å². The highest BCUT2D eigenvalue weighted by Gasteiger charge is 2.11. The molecule has 0 aliphatic rings. The van der Waals surface area contributed by atoms with Gasteiger partial charge < -0.3 is 16.2 Å². The number of carbonyl (C=O) groups is 1. The zero-order chi connectivity index (χ0) is 14.7. The normalized spacial score (nSPS) is 12.2. The summed E-state index contributed by atoms with van der Waals surface area (Å²) in [7, 11) is 0. The average Bonchev–Trinajstić information content (AvgIpc) is 2.81. The molecule has 1 unspecified atom stereocenters. The van der Waals surface area contributed by atoms with Crippen molar-refractivity contribution in [2.75, 3.05) is 5.32 Å². The smallest absolute Gasteiger partial charge is 0.230 e. The van der Waals surface area contributed by atoms with Crippen LogP contribution in [0.15, 0.2) is 23.6 Å². The minimum atomic E-state index is -0.139. The first-order chi connectivity index (χ1) is 9.45. The number of amides is 1. The first-order valence-corrected chi connectivity index (χ1v) is 7.13.